The number of hydrogen-bond acceptors (Lipinski definition) is 4. The van der Waals surface area contributed by atoms with Gasteiger partial charge in [0, 0.05) is 66.6 Å². The van der Waals surface area contributed by atoms with Crippen LogP contribution in [0.2, 0.25) is 40.2 Å². The van der Waals surface area contributed by atoms with Crippen molar-refractivity contribution in [2.45, 2.75) is 51.4 Å². The third kappa shape index (κ3) is 16.4. The minimum Gasteiger partial charge on any atom is -0.396 e. The molecule has 0 aromatic heterocycles. The van der Waals surface area contributed by atoms with E-state index >= 15 is 0 Å². The Bertz CT molecular complexity index is 1480. The van der Waals surface area contributed by atoms with Crippen molar-refractivity contribution in [2.24, 2.45) is 23.7 Å². The Morgan fingerprint density at radius 1 is 0.327 bits per heavy atom. The molecule has 4 N–H and O–H groups in total. The lowest BCUT2D eigenvalue weighted by atomic mass is 9.80. The van der Waals surface area contributed by atoms with Gasteiger partial charge in [0.15, 0.2) is 0 Å². The second-order valence-corrected chi connectivity index (χ2v) is 16.6. The molecule has 0 bridgehead atoms. The summed E-state index contributed by atoms with van der Waals surface area (Å²) in [5.41, 5.74) is 4.01. The van der Waals surface area contributed by atoms with Crippen molar-refractivity contribution in [3.63, 3.8) is 0 Å². The molecule has 0 aliphatic carbocycles. The van der Waals surface area contributed by atoms with E-state index in [0.717, 1.165) is 47.9 Å². The van der Waals surface area contributed by atoms with Crippen LogP contribution < -0.4 is 0 Å². The van der Waals surface area contributed by atoms with Crippen LogP contribution in [0.1, 0.15) is 47.9 Å². The highest BCUT2D eigenvalue weighted by atomic mass is 35.5. The Kier molecular flexibility index (Phi) is 20.8. The first-order chi connectivity index (χ1) is 24.8. The highest BCUT2D eigenvalue weighted by molar-refractivity contribution is 6.36. The number of aliphatic hydroxyl groups excluding tert-OH is 4. The molecule has 284 valence electrons. The zero-order chi connectivity index (χ0) is 38.2. The summed E-state index contributed by atoms with van der Waals surface area (Å²) < 4.78 is 0. The van der Waals surface area contributed by atoms with Gasteiger partial charge in [-0.25, -0.2) is 0 Å². The maximum Gasteiger partial charge on any atom is 0.0465 e. The van der Waals surface area contributed by atoms with E-state index in [1.54, 1.807) is 24.3 Å². The molecule has 0 aliphatic heterocycles. The molecule has 0 amide bonds. The van der Waals surface area contributed by atoms with Gasteiger partial charge in [0.2, 0.25) is 0 Å². The Labute approximate surface area is 347 Å². The van der Waals surface area contributed by atoms with Crippen LogP contribution >= 0.6 is 92.8 Å². The van der Waals surface area contributed by atoms with Crippen LogP contribution in [0.4, 0.5) is 0 Å². The molecule has 0 saturated carbocycles. The summed E-state index contributed by atoms with van der Waals surface area (Å²) in [5.74, 6) is 0.349. The van der Waals surface area contributed by atoms with Crippen LogP contribution in [0, 0.1) is 23.7 Å². The molecular formula is C40H44Cl8O4. The van der Waals surface area contributed by atoms with Crippen molar-refractivity contribution in [1.29, 1.82) is 0 Å². The molecule has 4 rings (SSSR count). The van der Waals surface area contributed by atoms with Gasteiger partial charge < -0.3 is 20.4 Å². The quantitative estimate of drug-likeness (QED) is 0.0803. The first kappa shape index (κ1) is 45.4. The van der Waals surface area contributed by atoms with Crippen LogP contribution in [0.25, 0.3) is 0 Å². The zero-order valence-corrected chi connectivity index (χ0v) is 34.6. The smallest absolute Gasteiger partial charge is 0.0465 e. The molecule has 4 atom stereocenters. The molecule has 0 fully saturated rings. The van der Waals surface area contributed by atoms with E-state index in [0.29, 0.717) is 65.9 Å². The normalized spacial score (nSPS) is 13.6. The number of rotatable bonds is 18. The predicted octanol–water partition coefficient (Wildman–Crippen LogP) is 12.2. The minimum absolute atomic E-state index is 0.00819. The van der Waals surface area contributed by atoms with Gasteiger partial charge in [-0.1, -0.05) is 92.8 Å². The molecule has 4 nitrogen and oxygen atoms in total. The van der Waals surface area contributed by atoms with E-state index in [4.69, 9.17) is 92.8 Å². The van der Waals surface area contributed by atoms with Gasteiger partial charge in [-0.15, -0.1) is 0 Å². The van der Waals surface area contributed by atoms with E-state index in [-0.39, 0.29) is 50.1 Å². The highest BCUT2D eigenvalue weighted by Crippen LogP contribution is 2.32. The minimum atomic E-state index is 0.00819. The Balaban J connectivity index is 0.000000280. The van der Waals surface area contributed by atoms with Crippen LogP contribution in [0.3, 0.4) is 0 Å². The first-order valence-corrected chi connectivity index (χ1v) is 20.1. The maximum absolute atomic E-state index is 10.0. The largest absolute Gasteiger partial charge is 0.396 e. The third-order valence-electron chi connectivity index (χ3n) is 8.95. The summed E-state index contributed by atoms with van der Waals surface area (Å²) in [6.45, 7) is 0.310. The topological polar surface area (TPSA) is 80.9 Å². The number of benzene rings is 4. The average molecular weight is 872 g/mol. The van der Waals surface area contributed by atoms with Crippen molar-refractivity contribution < 1.29 is 20.4 Å². The lowest BCUT2D eigenvalue weighted by molar-refractivity contribution is 0.158. The van der Waals surface area contributed by atoms with Gasteiger partial charge >= 0.3 is 0 Å². The van der Waals surface area contributed by atoms with Gasteiger partial charge in [0.1, 0.15) is 0 Å². The summed E-state index contributed by atoms with van der Waals surface area (Å²) >= 11 is 48.8. The zero-order valence-electron chi connectivity index (χ0n) is 28.5. The second kappa shape index (κ2) is 23.8. The van der Waals surface area contributed by atoms with Crippen LogP contribution in [0.5, 0.6) is 0 Å². The summed E-state index contributed by atoms with van der Waals surface area (Å²) in [6, 6.07) is 21.8. The van der Waals surface area contributed by atoms with Crippen molar-refractivity contribution in [3.8, 4) is 0 Å². The molecule has 0 heterocycles. The summed E-state index contributed by atoms with van der Waals surface area (Å²) in [4.78, 5) is 0. The van der Waals surface area contributed by atoms with Gasteiger partial charge in [-0.3, -0.25) is 0 Å². The Morgan fingerprint density at radius 2 is 0.538 bits per heavy atom. The molecular weight excluding hydrogens is 828 g/mol. The van der Waals surface area contributed by atoms with Crippen molar-refractivity contribution in [2.75, 3.05) is 26.4 Å². The van der Waals surface area contributed by atoms with Gasteiger partial charge in [-0.2, -0.15) is 0 Å². The van der Waals surface area contributed by atoms with Gasteiger partial charge in [-0.05, 0) is 170 Å². The maximum atomic E-state index is 10.0. The van der Waals surface area contributed by atoms with Crippen LogP contribution in [0.15, 0.2) is 72.8 Å². The van der Waals surface area contributed by atoms with Crippen molar-refractivity contribution in [1.82, 2.24) is 0 Å². The summed E-state index contributed by atoms with van der Waals surface area (Å²) in [6.07, 6.45) is 5.68. The van der Waals surface area contributed by atoms with E-state index in [1.165, 1.54) is 0 Å². The van der Waals surface area contributed by atoms with Crippen LogP contribution in [-0.4, -0.2) is 46.9 Å². The molecule has 52 heavy (non-hydrogen) atoms. The standard InChI is InChI=1S/2C20H22Cl4O2/c2*21-17-6-13(7-18(22)10-17)4-15(2-1-3-25)16(12-26)5-14-8-19(23)11-20(24)9-14/h2*6-11,15-16,25-26H,1-5,12H2/t2*15-,16+/m10/s1. The summed E-state index contributed by atoms with van der Waals surface area (Å²) in [7, 11) is 0. The lowest BCUT2D eigenvalue weighted by Crippen LogP contribution is -2.23. The third-order valence-corrected chi connectivity index (χ3v) is 10.7. The molecule has 12 heteroatoms. The second-order valence-electron chi connectivity index (χ2n) is 13.1. The van der Waals surface area contributed by atoms with E-state index in [1.807, 2.05) is 48.5 Å². The van der Waals surface area contributed by atoms with E-state index < -0.39 is 0 Å². The Hall–Kier alpha value is -0.960. The fraction of sp³-hybridized carbons (Fsp3) is 0.400. The molecule has 4 aromatic rings. The van der Waals surface area contributed by atoms with Crippen LogP contribution in [-0.2, 0) is 25.7 Å². The van der Waals surface area contributed by atoms with Crippen molar-refractivity contribution >= 4 is 92.8 Å². The van der Waals surface area contributed by atoms with E-state index in [2.05, 4.69) is 0 Å². The highest BCUT2D eigenvalue weighted by Gasteiger charge is 2.24. The summed E-state index contributed by atoms with van der Waals surface area (Å²) in [5, 5.41) is 43.2. The van der Waals surface area contributed by atoms with Crippen molar-refractivity contribution in [3.05, 3.63) is 135 Å². The average Bonchev–Trinajstić information content (AvgIpc) is 3.05. The lowest BCUT2D eigenvalue weighted by Gasteiger charge is -2.26. The number of hydrogen-bond donors (Lipinski definition) is 4. The van der Waals surface area contributed by atoms with Gasteiger partial charge in [0.05, 0.1) is 0 Å². The SMILES string of the molecule is OCCC[C@@H](Cc1cc(Cl)cc(Cl)c1)[C@@H](CO)Cc1cc(Cl)cc(Cl)c1.OCCC[C@H](Cc1cc(Cl)cc(Cl)c1)[C@H](CO)Cc1cc(Cl)cc(Cl)c1. The molecule has 4 aromatic carbocycles. The molecule has 0 spiro atoms. The Morgan fingerprint density at radius 3 is 0.731 bits per heavy atom. The number of aliphatic hydroxyl groups is 4. The van der Waals surface area contributed by atoms with E-state index in [9.17, 15) is 20.4 Å². The van der Waals surface area contributed by atoms with Gasteiger partial charge in [0.25, 0.3) is 0 Å². The molecule has 0 saturated heterocycles. The molecule has 0 aliphatic rings. The fourth-order valence-electron chi connectivity index (χ4n) is 6.60. The first-order valence-electron chi connectivity index (χ1n) is 17.1. The molecule has 0 radical (unpaired) electrons. The predicted molar refractivity (Wildman–Crippen MR) is 221 cm³/mol. The monoisotopic (exact) mass is 868 g/mol. The fourth-order valence-corrected chi connectivity index (χ4v) is 8.89. The number of halogens is 8. The molecule has 0 unspecified atom stereocenters.